The van der Waals surface area contributed by atoms with E-state index in [1.54, 1.807) is 6.07 Å². The second kappa shape index (κ2) is 7.81. The van der Waals surface area contributed by atoms with Crippen LogP contribution in [-0.2, 0) is 4.79 Å². The van der Waals surface area contributed by atoms with Gasteiger partial charge in [0.05, 0.1) is 6.10 Å². The third kappa shape index (κ3) is 5.97. The van der Waals surface area contributed by atoms with Gasteiger partial charge in [-0.05, 0) is 41.0 Å². The summed E-state index contributed by atoms with van der Waals surface area (Å²) in [5.41, 5.74) is 0.833. The van der Waals surface area contributed by atoms with Gasteiger partial charge < -0.3 is 14.7 Å². The molecule has 0 spiro atoms. The van der Waals surface area contributed by atoms with Gasteiger partial charge in [-0.3, -0.25) is 4.79 Å². The number of aromatic nitrogens is 2. The van der Waals surface area contributed by atoms with E-state index in [0.717, 1.165) is 5.69 Å². The second-order valence-corrected chi connectivity index (χ2v) is 5.60. The summed E-state index contributed by atoms with van der Waals surface area (Å²) in [5.74, 6) is 0.357. The van der Waals surface area contributed by atoms with E-state index < -0.39 is 5.97 Å². The molecule has 0 atom stereocenters. The highest BCUT2D eigenvalue weighted by atomic mass is 16.5. The lowest BCUT2D eigenvalue weighted by Gasteiger charge is -2.27. The van der Waals surface area contributed by atoms with Crippen LogP contribution in [0.15, 0.2) is 6.07 Å². The first-order valence-corrected chi connectivity index (χ1v) is 7.30. The Balaban J connectivity index is 2.91. The number of carbonyl (C=O) groups is 1. The average Bonchev–Trinajstić information content (AvgIpc) is 2.32. The molecule has 0 radical (unpaired) electrons. The molecule has 0 aliphatic rings. The number of ether oxygens (including phenoxy) is 1. The molecule has 6 heteroatoms. The normalized spacial score (nSPS) is 11.0. The van der Waals surface area contributed by atoms with Crippen molar-refractivity contribution in [2.45, 2.75) is 59.6 Å². The Morgan fingerprint density at radius 1 is 1.33 bits per heavy atom. The summed E-state index contributed by atoms with van der Waals surface area (Å²) >= 11 is 0. The summed E-state index contributed by atoms with van der Waals surface area (Å²) in [5, 5.41) is 8.75. The maximum absolute atomic E-state index is 10.6. The number of hydrogen-bond acceptors (Lipinski definition) is 5. The number of rotatable bonds is 8. The van der Waals surface area contributed by atoms with Crippen molar-refractivity contribution in [3.8, 4) is 5.88 Å². The van der Waals surface area contributed by atoms with Gasteiger partial charge in [0.2, 0.25) is 11.8 Å². The summed E-state index contributed by atoms with van der Waals surface area (Å²) in [7, 11) is 0. The predicted octanol–water partition coefficient (Wildman–Crippen LogP) is 2.65. The maximum Gasteiger partial charge on any atom is 0.303 e. The van der Waals surface area contributed by atoms with Crippen molar-refractivity contribution in [1.29, 1.82) is 0 Å². The van der Waals surface area contributed by atoms with E-state index in [4.69, 9.17) is 9.84 Å². The first kappa shape index (κ1) is 17.2. The Morgan fingerprint density at radius 3 is 2.52 bits per heavy atom. The summed E-state index contributed by atoms with van der Waals surface area (Å²) in [6.45, 7) is 10.5. The molecule has 0 unspecified atom stereocenters. The molecule has 1 aromatic heterocycles. The minimum absolute atomic E-state index is 0.0478. The quantitative estimate of drug-likeness (QED) is 0.794. The van der Waals surface area contributed by atoms with E-state index in [1.807, 2.05) is 39.5 Å². The van der Waals surface area contributed by atoms with Crippen molar-refractivity contribution in [2.75, 3.05) is 11.4 Å². The first-order chi connectivity index (χ1) is 9.79. The van der Waals surface area contributed by atoms with Crippen LogP contribution in [0.2, 0.25) is 0 Å². The lowest BCUT2D eigenvalue weighted by molar-refractivity contribution is -0.137. The van der Waals surface area contributed by atoms with Crippen LogP contribution in [0.1, 0.15) is 46.2 Å². The molecule has 0 amide bonds. The summed E-state index contributed by atoms with van der Waals surface area (Å²) < 4.78 is 5.64. The smallest absolute Gasteiger partial charge is 0.303 e. The Morgan fingerprint density at radius 2 is 2.00 bits per heavy atom. The van der Waals surface area contributed by atoms with Crippen molar-refractivity contribution >= 4 is 11.9 Å². The van der Waals surface area contributed by atoms with Gasteiger partial charge in [-0.15, -0.1) is 0 Å². The highest BCUT2D eigenvalue weighted by Gasteiger charge is 2.16. The number of hydrogen-bond donors (Lipinski definition) is 1. The molecule has 0 saturated heterocycles. The van der Waals surface area contributed by atoms with Crippen molar-refractivity contribution in [3.05, 3.63) is 11.8 Å². The van der Waals surface area contributed by atoms with Crippen LogP contribution in [0.25, 0.3) is 0 Å². The topological polar surface area (TPSA) is 75.5 Å². The molecular weight excluding hydrogens is 270 g/mol. The van der Waals surface area contributed by atoms with Gasteiger partial charge in [0.15, 0.2) is 0 Å². The Hall–Kier alpha value is -1.85. The van der Waals surface area contributed by atoms with Crippen molar-refractivity contribution < 1.29 is 14.6 Å². The monoisotopic (exact) mass is 295 g/mol. The van der Waals surface area contributed by atoms with Crippen LogP contribution in [0.3, 0.4) is 0 Å². The minimum Gasteiger partial charge on any atom is -0.481 e. The predicted molar refractivity (Wildman–Crippen MR) is 81.9 cm³/mol. The molecule has 21 heavy (non-hydrogen) atoms. The molecule has 0 aromatic carbocycles. The van der Waals surface area contributed by atoms with Crippen LogP contribution >= 0.6 is 0 Å². The molecule has 0 bridgehead atoms. The number of aryl methyl sites for hydroxylation is 1. The molecular formula is C15H25N3O3. The fourth-order valence-corrected chi connectivity index (χ4v) is 1.94. The number of anilines is 1. The highest BCUT2D eigenvalue weighted by molar-refractivity contribution is 5.66. The number of carboxylic acids is 1. The Bertz CT molecular complexity index is 475. The highest BCUT2D eigenvalue weighted by Crippen LogP contribution is 2.19. The van der Waals surface area contributed by atoms with Crippen molar-refractivity contribution in [2.24, 2.45) is 0 Å². The van der Waals surface area contributed by atoms with Gasteiger partial charge in [-0.1, -0.05) is 0 Å². The summed E-state index contributed by atoms with van der Waals surface area (Å²) in [6, 6.07) is 1.99. The van der Waals surface area contributed by atoms with Gasteiger partial charge in [-0.2, -0.15) is 4.98 Å². The number of nitrogens with zero attached hydrogens (tertiary/aromatic N) is 3. The summed E-state index contributed by atoms with van der Waals surface area (Å²) in [4.78, 5) is 21.5. The van der Waals surface area contributed by atoms with Crippen LogP contribution in [0, 0.1) is 6.92 Å². The SMILES string of the molecule is Cc1cc(OC(C)C)nc(N(CCCC(=O)O)C(C)C)n1. The lowest BCUT2D eigenvalue weighted by atomic mass is 10.2. The molecule has 1 aromatic rings. The standard InChI is InChI=1S/C15H25N3O3/c1-10(2)18(8-6-7-14(19)20)15-16-12(5)9-13(17-15)21-11(3)4/h9-11H,6-8H2,1-5H3,(H,19,20). The second-order valence-electron chi connectivity index (χ2n) is 5.60. The molecule has 6 nitrogen and oxygen atoms in total. The summed E-state index contributed by atoms with van der Waals surface area (Å²) in [6.07, 6.45) is 0.752. The van der Waals surface area contributed by atoms with Crippen molar-refractivity contribution in [3.63, 3.8) is 0 Å². The van der Waals surface area contributed by atoms with Crippen LogP contribution in [0.4, 0.5) is 5.95 Å². The zero-order chi connectivity index (χ0) is 16.0. The van der Waals surface area contributed by atoms with Gasteiger partial charge >= 0.3 is 5.97 Å². The average molecular weight is 295 g/mol. The fraction of sp³-hybridized carbons (Fsp3) is 0.667. The molecule has 0 aliphatic carbocycles. The number of aliphatic carboxylic acids is 1. The van der Waals surface area contributed by atoms with Crippen LogP contribution in [0.5, 0.6) is 5.88 Å². The van der Waals surface area contributed by atoms with E-state index in [-0.39, 0.29) is 18.6 Å². The van der Waals surface area contributed by atoms with Crippen LogP contribution < -0.4 is 9.64 Å². The number of carboxylic acid groups (broad SMARTS) is 1. The van der Waals surface area contributed by atoms with Gasteiger partial charge in [-0.25, -0.2) is 4.98 Å². The lowest BCUT2D eigenvalue weighted by Crippen LogP contribution is -2.33. The van der Waals surface area contributed by atoms with Gasteiger partial charge in [0, 0.05) is 30.8 Å². The van der Waals surface area contributed by atoms with E-state index in [0.29, 0.717) is 24.8 Å². The first-order valence-electron chi connectivity index (χ1n) is 7.30. The third-order valence-electron chi connectivity index (χ3n) is 2.85. The molecule has 1 rings (SSSR count). The molecule has 0 saturated carbocycles. The molecule has 0 fully saturated rings. The van der Waals surface area contributed by atoms with E-state index in [9.17, 15) is 4.79 Å². The molecule has 0 aliphatic heterocycles. The molecule has 1 heterocycles. The van der Waals surface area contributed by atoms with E-state index >= 15 is 0 Å². The van der Waals surface area contributed by atoms with Gasteiger partial charge in [0.25, 0.3) is 0 Å². The fourth-order valence-electron chi connectivity index (χ4n) is 1.94. The maximum atomic E-state index is 10.6. The zero-order valence-corrected chi connectivity index (χ0v) is 13.5. The molecule has 118 valence electrons. The Labute approximate surface area is 126 Å². The Kier molecular flexibility index (Phi) is 6.39. The van der Waals surface area contributed by atoms with Crippen molar-refractivity contribution in [1.82, 2.24) is 9.97 Å². The van der Waals surface area contributed by atoms with Crippen LogP contribution in [-0.4, -0.2) is 39.7 Å². The minimum atomic E-state index is -0.785. The van der Waals surface area contributed by atoms with E-state index in [2.05, 4.69) is 9.97 Å². The van der Waals surface area contributed by atoms with E-state index in [1.165, 1.54) is 0 Å². The van der Waals surface area contributed by atoms with Gasteiger partial charge in [0.1, 0.15) is 0 Å². The molecule has 1 N–H and O–H groups in total. The largest absolute Gasteiger partial charge is 0.481 e. The zero-order valence-electron chi connectivity index (χ0n) is 13.5. The third-order valence-corrected chi connectivity index (χ3v) is 2.85.